The Kier molecular flexibility index (Phi) is 4.91. The molecule has 0 aliphatic carbocycles. The van der Waals surface area contributed by atoms with Crippen LogP contribution in [0.2, 0.25) is 5.02 Å². The summed E-state index contributed by atoms with van der Waals surface area (Å²) in [7, 11) is 0. The average Bonchev–Trinajstić information content (AvgIpc) is 3.26. The van der Waals surface area contributed by atoms with Crippen molar-refractivity contribution in [2.45, 2.75) is 38.1 Å². The lowest BCUT2D eigenvalue weighted by atomic mass is 9.89. The molecule has 1 aromatic carbocycles. The number of rotatable bonds is 4. The molecule has 2 aliphatic rings. The second-order valence-corrected chi connectivity index (χ2v) is 7.81. The van der Waals surface area contributed by atoms with Crippen molar-refractivity contribution in [1.82, 2.24) is 14.5 Å². The number of nitrogens with zero attached hydrogens (tertiary/aromatic N) is 3. The maximum absolute atomic E-state index is 12.8. The monoisotopic (exact) mass is 387 g/mol. The lowest BCUT2D eigenvalue weighted by molar-refractivity contribution is -0.141. The van der Waals surface area contributed by atoms with E-state index in [0.29, 0.717) is 11.6 Å². The topological polar surface area (TPSA) is 75.4 Å². The summed E-state index contributed by atoms with van der Waals surface area (Å²) in [6.45, 7) is 1.60. The molecule has 2 aromatic rings. The number of carbonyl (C=O) groups excluding carboxylic acids is 1. The molecule has 1 saturated heterocycles. The molecule has 0 unspecified atom stereocenters. The molecule has 4 rings (SSSR count). The normalized spacial score (nSPS) is 21.9. The van der Waals surface area contributed by atoms with Gasteiger partial charge >= 0.3 is 5.97 Å². The highest BCUT2D eigenvalue weighted by atomic mass is 35.5. The fourth-order valence-electron chi connectivity index (χ4n) is 4.13. The van der Waals surface area contributed by atoms with Gasteiger partial charge in [0.15, 0.2) is 0 Å². The summed E-state index contributed by atoms with van der Waals surface area (Å²) in [5, 5.41) is 10.2. The third-order valence-corrected chi connectivity index (χ3v) is 5.83. The summed E-state index contributed by atoms with van der Waals surface area (Å²) in [6.07, 6.45) is 5.43. The molecule has 0 saturated carbocycles. The Morgan fingerprint density at radius 1 is 1.19 bits per heavy atom. The summed E-state index contributed by atoms with van der Waals surface area (Å²) in [6, 6.07) is 7.21. The number of fused-ring (bicyclic) bond motifs is 1. The molecule has 1 fully saturated rings. The summed E-state index contributed by atoms with van der Waals surface area (Å²) in [5.74, 6) is -0.715. The molecule has 0 bridgehead atoms. The molecule has 2 aliphatic heterocycles. The van der Waals surface area contributed by atoms with E-state index in [2.05, 4.69) is 9.55 Å². The fourth-order valence-corrected chi connectivity index (χ4v) is 4.25. The summed E-state index contributed by atoms with van der Waals surface area (Å²) in [5.41, 5.74) is 1.68. The number of imidazole rings is 1. The number of benzene rings is 1. The van der Waals surface area contributed by atoms with Crippen LogP contribution in [0.25, 0.3) is 0 Å². The molecule has 7 heteroatoms. The van der Waals surface area contributed by atoms with E-state index in [0.717, 1.165) is 42.9 Å². The van der Waals surface area contributed by atoms with E-state index in [1.165, 1.54) is 0 Å². The Bertz CT molecular complexity index is 838. The quantitative estimate of drug-likeness (QED) is 0.875. The van der Waals surface area contributed by atoms with Crippen molar-refractivity contribution < 1.29 is 14.7 Å². The Hall–Kier alpha value is -2.34. The molecular formula is C20H22ClN3O3. The van der Waals surface area contributed by atoms with E-state index in [1.54, 1.807) is 17.0 Å². The van der Waals surface area contributed by atoms with Gasteiger partial charge in [0.25, 0.3) is 0 Å². The van der Waals surface area contributed by atoms with Gasteiger partial charge < -0.3 is 14.6 Å². The number of amides is 1. The van der Waals surface area contributed by atoms with E-state index in [9.17, 15) is 14.7 Å². The van der Waals surface area contributed by atoms with Crippen LogP contribution in [0.15, 0.2) is 30.5 Å². The van der Waals surface area contributed by atoms with Crippen LogP contribution in [0, 0.1) is 5.92 Å². The number of carboxylic acids is 1. The third-order valence-electron chi connectivity index (χ3n) is 5.58. The smallest absolute Gasteiger partial charge is 0.308 e. The Labute approximate surface area is 162 Å². The summed E-state index contributed by atoms with van der Waals surface area (Å²) < 4.78 is 2.13. The molecule has 1 aromatic heterocycles. The fraction of sp³-hybridized carbons (Fsp3) is 0.450. The summed E-state index contributed by atoms with van der Waals surface area (Å²) in [4.78, 5) is 30.8. The molecular weight excluding hydrogens is 366 g/mol. The number of hydrogen-bond donors (Lipinski definition) is 1. The van der Waals surface area contributed by atoms with Crippen molar-refractivity contribution in [3.63, 3.8) is 0 Å². The first-order chi connectivity index (χ1) is 13.0. The van der Waals surface area contributed by atoms with Crippen LogP contribution in [-0.4, -0.2) is 44.5 Å². The van der Waals surface area contributed by atoms with Gasteiger partial charge in [-0.1, -0.05) is 23.7 Å². The van der Waals surface area contributed by atoms with Gasteiger partial charge in [-0.2, -0.15) is 0 Å². The van der Waals surface area contributed by atoms with Crippen molar-refractivity contribution in [2.75, 3.05) is 13.1 Å². The lowest BCUT2D eigenvalue weighted by Gasteiger charge is -2.16. The van der Waals surface area contributed by atoms with E-state index in [1.807, 2.05) is 18.3 Å². The second kappa shape index (κ2) is 7.35. The van der Waals surface area contributed by atoms with E-state index >= 15 is 0 Å². The number of likely N-dealkylation sites (tertiary alicyclic amines) is 1. The lowest BCUT2D eigenvalue weighted by Crippen LogP contribution is -2.31. The van der Waals surface area contributed by atoms with Gasteiger partial charge in [-0.15, -0.1) is 0 Å². The Balaban J connectivity index is 1.48. The van der Waals surface area contributed by atoms with E-state index in [4.69, 9.17) is 11.6 Å². The van der Waals surface area contributed by atoms with Crippen LogP contribution in [0.5, 0.6) is 0 Å². The highest BCUT2D eigenvalue weighted by Crippen LogP contribution is 2.34. The largest absolute Gasteiger partial charge is 0.481 e. The zero-order chi connectivity index (χ0) is 19.0. The highest BCUT2D eigenvalue weighted by Gasteiger charge is 2.40. The minimum atomic E-state index is -0.872. The third kappa shape index (κ3) is 3.72. The highest BCUT2D eigenvalue weighted by molar-refractivity contribution is 6.30. The van der Waals surface area contributed by atoms with Crippen LogP contribution in [0.3, 0.4) is 0 Å². The molecule has 6 nitrogen and oxygen atoms in total. The second-order valence-electron chi connectivity index (χ2n) is 7.38. The maximum Gasteiger partial charge on any atom is 0.308 e. The van der Waals surface area contributed by atoms with Crippen molar-refractivity contribution in [1.29, 1.82) is 0 Å². The Morgan fingerprint density at radius 2 is 1.96 bits per heavy atom. The van der Waals surface area contributed by atoms with Gasteiger partial charge in [0.05, 0.1) is 18.0 Å². The molecule has 0 spiro atoms. The van der Waals surface area contributed by atoms with Crippen LogP contribution < -0.4 is 0 Å². The first-order valence-corrected chi connectivity index (χ1v) is 9.70. The number of aliphatic carboxylic acids is 1. The van der Waals surface area contributed by atoms with Gasteiger partial charge in [0.2, 0.25) is 5.91 Å². The average molecular weight is 388 g/mol. The Morgan fingerprint density at radius 3 is 2.67 bits per heavy atom. The number of carbonyl (C=O) groups is 2. The zero-order valence-electron chi connectivity index (χ0n) is 15.0. The van der Waals surface area contributed by atoms with Crippen molar-refractivity contribution >= 4 is 23.5 Å². The van der Waals surface area contributed by atoms with Crippen molar-refractivity contribution in [3.8, 4) is 0 Å². The minimum absolute atomic E-state index is 0.0619. The molecule has 1 N–H and O–H groups in total. The number of hydrogen-bond acceptors (Lipinski definition) is 3. The SMILES string of the molecule is O=C(O)[C@@H]1CN(C(=O)Cc2cn3c(n2)CCCC3)C[C@H]1c1ccc(Cl)cc1. The van der Waals surface area contributed by atoms with Crippen molar-refractivity contribution in [2.24, 2.45) is 5.92 Å². The number of halogens is 1. The number of carboxylic acid groups (broad SMARTS) is 1. The van der Waals surface area contributed by atoms with Gasteiger partial charge in [-0.25, -0.2) is 4.98 Å². The van der Waals surface area contributed by atoms with E-state index < -0.39 is 11.9 Å². The van der Waals surface area contributed by atoms with Gasteiger partial charge in [-0.05, 0) is 30.5 Å². The molecule has 0 radical (unpaired) electrons. The van der Waals surface area contributed by atoms with E-state index in [-0.39, 0.29) is 24.8 Å². The number of aromatic nitrogens is 2. The zero-order valence-corrected chi connectivity index (χ0v) is 15.7. The van der Waals surface area contributed by atoms with Gasteiger partial charge in [0.1, 0.15) is 5.82 Å². The molecule has 1 amide bonds. The molecule has 142 valence electrons. The molecule has 3 heterocycles. The van der Waals surface area contributed by atoms with Gasteiger partial charge in [-0.3, -0.25) is 9.59 Å². The minimum Gasteiger partial charge on any atom is -0.481 e. The first kappa shape index (κ1) is 18.0. The van der Waals surface area contributed by atoms with Crippen LogP contribution in [-0.2, 0) is 29.0 Å². The van der Waals surface area contributed by atoms with Crippen LogP contribution in [0.4, 0.5) is 0 Å². The number of aryl methyl sites for hydroxylation is 2. The standard InChI is InChI=1S/C20H22ClN3O3/c21-14-6-4-13(5-7-14)16-11-24(12-17(16)20(26)27)19(25)9-15-10-23-8-2-1-3-18(23)22-15/h4-7,10,16-17H,1-3,8-9,11-12H2,(H,26,27)/t16-,17+/m0/s1. The summed E-state index contributed by atoms with van der Waals surface area (Å²) >= 11 is 5.94. The van der Waals surface area contributed by atoms with Crippen LogP contribution in [0.1, 0.15) is 35.8 Å². The predicted octanol–water partition coefficient (Wildman–Crippen LogP) is 2.74. The van der Waals surface area contributed by atoms with Crippen molar-refractivity contribution in [3.05, 3.63) is 52.6 Å². The maximum atomic E-state index is 12.8. The van der Waals surface area contributed by atoms with Crippen LogP contribution >= 0.6 is 11.6 Å². The predicted molar refractivity (Wildman–Crippen MR) is 101 cm³/mol. The molecule has 27 heavy (non-hydrogen) atoms. The molecule has 2 atom stereocenters. The van der Waals surface area contributed by atoms with Gasteiger partial charge in [0, 0.05) is 43.2 Å². The first-order valence-electron chi connectivity index (χ1n) is 9.32.